The van der Waals surface area contributed by atoms with E-state index in [9.17, 15) is 52.7 Å². The van der Waals surface area contributed by atoms with Crippen molar-refractivity contribution in [1.29, 1.82) is 0 Å². The zero-order chi connectivity index (χ0) is 16.1. The van der Waals surface area contributed by atoms with Crippen molar-refractivity contribution in [2.24, 2.45) is 0 Å². The van der Waals surface area contributed by atoms with Gasteiger partial charge >= 0.3 is 30.1 Å². The number of halogens is 12. The smallest absolute Gasteiger partial charge is 0.193 e. The quantitative estimate of drug-likeness (QED) is 0.546. The molecule has 0 heterocycles. The number of hydrogen-bond acceptors (Lipinski definition) is 1. The third kappa shape index (κ3) is 2.74. The number of thiocarbonyl (C=S) groups is 1. The molecule has 0 radical (unpaired) electrons. The number of alkyl halides is 12. The van der Waals surface area contributed by atoms with Gasteiger partial charge in [-0.05, 0) is 0 Å². The molecule has 19 heavy (non-hydrogen) atoms. The summed E-state index contributed by atoms with van der Waals surface area (Å²) in [4.78, 5) is -3.88. The Hall–Kier alpha value is -0.750. The van der Waals surface area contributed by atoms with E-state index in [2.05, 4.69) is 12.2 Å². The number of rotatable bonds is 3. The van der Waals surface area contributed by atoms with E-state index in [-0.39, 0.29) is 0 Å². The molecule has 0 saturated carbocycles. The largest absolute Gasteiger partial charge is 0.460 e. The Morgan fingerprint density at radius 1 is 0.579 bits per heavy atom. The molecule has 0 aliphatic carbocycles. The van der Waals surface area contributed by atoms with Crippen LogP contribution in [0.15, 0.2) is 0 Å². The van der Waals surface area contributed by atoms with Gasteiger partial charge in [0.25, 0.3) is 0 Å². The van der Waals surface area contributed by atoms with E-state index in [1.165, 1.54) is 0 Å². The van der Waals surface area contributed by atoms with Crippen molar-refractivity contribution in [3.05, 3.63) is 0 Å². The summed E-state index contributed by atoms with van der Waals surface area (Å²) in [7, 11) is 0. The first-order chi connectivity index (χ1) is 7.90. The van der Waals surface area contributed by atoms with Gasteiger partial charge in [0.1, 0.15) is 0 Å². The minimum absolute atomic E-state index is 2.81. The molecule has 0 rings (SSSR count). The Bertz CT molecular complexity index is 359. The van der Waals surface area contributed by atoms with Gasteiger partial charge in [-0.1, -0.05) is 12.2 Å². The maximum atomic E-state index is 12.5. The summed E-state index contributed by atoms with van der Waals surface area (Å²) in [6.45, 7) is 0. The molecule has 0 unspecified atom stereocenters. The highest BCUT2D eigenvalue weighted by Gasteiger charge is 2.84. The zero-order valence-corrected chi connectivity index (χ0v) is 8.76. The van der Waals surface area contributed by atoms with E-state index >= 15 is 0 Å². The highest BCUT2D eigenvalue weighted by molar-refractivity contribution is 7.80. The van der Waals surface area contributed by atoms with Crippen molar-refractivity contribution in [2.75, 3.05) is 0 Å². The predicted octanol–water partition coefficient (Wildman–Crippen LogP) is 4.39. The molecule has 13 heteroatoms. The van der Waals surface area contributed by atoms with Crippen LogP contribution < -0.4 is 0 Å². The normalized spacial score (nSPS) is 15.6. The average molecular weight is 332 g/mol. The molecule has 0 aliphatic heterocycles. The predicted molar refractivity (Wildman–Crippen MR) is 39.5 cm³/mol. The topological polar surface area (TPSA) is 0 Å². The highest BCUT2D eigenvalue weighted by Crippen LogP contribution is 2.54. The van der Waals surface area contributed by atoms with Gasteiger partial charge in [-0.2, -0.15) is 52.7 Å². The van der Waals surface area contributed by atoms with Crippen LogP contribution in [0, 0.1) is 0 Å². The van der Waals surface area contributed by atoms with Crippen LogP contribution in [0.4, 0.5) is 52.7 Å². The van der Waals surface area contributed by atoms with Crippen molar-refractivity contribution in [3.63, 3.8) is 0 Å². The molecule has 114 valence electrons. The number of hydrogen-bond donors (Lipinski definition) is 0. The van der Waals surface area contributed by atoms with Gasteiger partial charge in [0.2, 0.25) is 0 Å². The van der Waals surface area contributed by atoms with Crippen LogP contribution in [0.1, 0.15) is 0 Å². The zero-order valence-electron chi connectivity index (χ0n) is 7.94. The standard InChI is InChI=1S/C6F12S/c7-2(8,1(19)3(9,10)11)4(12,13)5(14,15)6(16,17)18. The van der Waals surface area contributed by atoms with Gasteiger partial charge < -0.3 is 0 Å². The molecule has 0 atom stereocenters. The molecule has 0 aromatic carbocycles. The van der Waals surface area contributed by atoms with E-state index in [1.807, 2.05) is 0 Å². The molecular formula is C6F12S. The van der Waals surface area contributed by atoms with E-state index in [0.29, 0.717) is 0 Å². The first-order valence-electron chi connectivity index (χ1n) is 3.72. The lowest BCUT2D eigenvalue weighted by atomic mass is 10.0. The van der Waals surface area contributed by atoms with Crippen molar-refractivity contribution >= 4 is 17.1 Å². The van der Waals surface area contributed by atoms with E-state index < -0.39 is 35.0 Å². The van der Waals surface area contributed by atoms with Crippen molar-refractivity contribution in [1.82, 2.24) is 0 Å². The van der Waals surface area contributed by atoms with Crippen molar-refractivity contribution in [3.8, 4) is 0 Å². The SMILES string of the molecule is FC(F)(F)C(=S)C(F)(F)C(F)(F)C(F)(F)C(F)(F)F. The molecule has 0 aromatic heterocycles. The third-order valence-corrected chi connectivity index (χ3v) is 2.18. The molecule has 0 aliphatic rings. The van der Waals surface area contributed by atoms with Crippen LogP contribution in [-0.4, -0.2) is 35.0 Å². The Labute approximate surface area is 101 Å². The molecule has 0 amide bonds. The van der Waals surface area contributed by atoms with Crippen LogP contribution in [0.25, 0.3) is 0 Å². The minimum Gasteiger partial charge on any atom is -0.193 e. The highest BCUT2D eigenvalue weighted by atomic mass is 32.1. The van der Waals surface area contributed by atoms with E-state index in [0.717, 1.165) is 0 Å². The van der Waals surface area contributed by atoms with Gasteiger partial charge in [-0.3, -0.25) is 0 Å². The van der Waals surface area contributed by atoms with Gasteiger partial charge in [-0.15, -0.1) is 0 Å². The monoisotopic (exact) mass is 332 g/mol. The Morgan fingerprint density at radius 2 is 0.895 bits per heavy atom. The van der Waals surface area contributed by atoms with Crippen LogP contribution in [0.2, 0.25) is 0 Å². The molecular weight excluding hydrogens is 332 g/mol. The molecule has 0 aromatic rings. The molecule has 0 N–H and O–H groups in total. The van der Waals surface area contributed by atoms with Gasteiger partial charge in [-0.25, -0.2) is 0 Å². The summed E-state index contributed by atoms with van der Waals surface area (Å²) in [5, 5.41) is 0. The summed E-state index contributed by atoms with van der Waals surface area (Å²) in [6, 6.07) is 0. The fourth-order valence-corrected chi connectivity index (χ4v) is 0.824. The van der Waals surface area contributed by atoms with Crippen molar-refractivity contribution < 1.29 is 52.7 Å². The van der Waals surface area contributed by atoms with Crippen molar-refractivity contribution in [2.45, 2.75) is 30.1 Å². The molecule has 0 fully saturated rings. The summed E-state index contributed by atoms with van der Waals surface area (Å²) >= 11 is 2.81. The minimum atomic E-state index is -7.40. The second-order valence-electron chi connectivity index (χ2n) is 3.05. The summed E-state index contributed by atoms with van der Waals surface area (Å²) in [6.07, 6.45) is -13.6. The first kappa shape index (κ1) is 18.2. The van der Waals surface area contributed by atoms with Crippen LogP contribution in [-0.2, 0) is 0 Å². The van der Waals surface area contributed by atoms with Crippen LogP contribution >= 0.6 is 12.2 Å². The lowest BCUT2D eigenvalue weighted by Crippen LogP contribution is -2.64. The van der Waals surface area contributed by atoms with E-state index in [4.69, 9.17) is 0 Å². The average Bonchev–Trinajstić information content (AvgIpc) is 2.12. The Kier molecular flexibility index (Phi) is 4.21. The lowest BCUT2D eigenvalue weighted by molar-refractivity contribution is -0.386. The fourth-order valence-electron chi connectivity index (χ4n) is 0.696. The second kappa shape index (κ2) is 4.38. The second-order valence-corrected chi connectivity index (χ2v) is 3.46. The lowest BCUT2D eigenvalue weighted by Gasteiger charge is -2.34. The van der Waals surface area contributed by atoms with Gasteiger partial charge in [0.15, 0.2) is 4.86 Å². The van der Waals surface area contributed by atoms with Gasteiger partial charge in [0, 0.05) is 0 Å². The first-order valence-corrected chi connectivity index (χ1v) is 4.13. The fraction of sp³-hybridized carbons (Fsp3) is 0.833. The Balaban J connectivity index is 5.86. The molecule has 0 spiro atoms. The Morgan fingerprint density at radius 3 is 1.11 bits per heavy atom. The maximum absolute atomic E-state index is 12.5. The van der Waals surface area contributed by atoms with Gasteiger partial charge in [0.05, 0.1) is 0 Å². The third-order valence-electron chi connectivity index (χ3n) is 1.69. The van der Waals surface area contributed by atoms with Crippen LogP contribution in [0.5, 0.6) is 0 Å². The molecule has 0 nitrogen and oxygen atoms in total. The van der Waals surface area contributed by atoms with Crippen LogP contribution in [0.3, 0.4) is 0 Å². The maximum Gasteiger partial charge on any atom is 0.460 e. The molecule has 0 bridgehead atoms. The summed E-state index contributed by atoms with van der Waals surface area (Å²) in [5.41, 5.74) is 0. The molecule has 0 saturated heterocycles. The summed E-state index contributed by atoms with van der Waals surface area (Å²) in [5.74, 6) is -21.7. The summed E-state index contributed by atoms with van der Waals surface area (Å²) < 4.78 is 144. The van der Waals surface area contributed by atoms with E-state index in [1.54, 1.807) is 0 Å².